The molecule has 0 aliphatic carbocycles. The summed E-state index contributed by atoms with van der Waals surface area (Å²) in [7, 11) is 0. The van der Waals surface area contributed by atoms with Gasteiger partial charge in [0.15, 0.2) is 5.76 Å². The molecule has 0 amide bonds. The van der Waals surface area contributed by atoms with Gasteiger partial charge >= 0.3 is 5.97 Å². The van der Waals surface area contributed by atoms with Crippen LogP contribution < -0.4 is 4.74 Å². The first kappa shape index (κ1) is 14.6. The Morgan fingerprint density at radius 2 is 2.05 bits per heavy atom. The quantitative estimate of drug-likeness (QED) is 0.626. The van der Waals surface area contributed by atoms with Crippen molar-refractivity contribution >= 4 is 17.6 Å². The van der Waals surface area contributed by atoms with Crippen LogP contribution in [0.15, 0.2) is 22.7 Å². The van der Waals surface area contributed by atoms with Crippen LogP contribution >= 0.6 is 11.6 Å². The van der Waals surface area contributed by atoms with Crippen LogP contribution in [0.3, 0.4) is 0 Å². The minimum atomic E-state index is -0.460. The van der Waals surface area contributed by atoms with E-state index in [0.717, 1.165) is 5.56 Å². The topological polar surface area (TPSA) is 52.3 Å². The highest BCUT2D eigenvalue weighted by atomic mass is 35.5. The Hall–Kier alpha value is -1.81. The number of hydrogen-bond acceptors (Lipinski definition) is 4. The highest BCUT2D eigenvalue weighted by Crippen LogP contribution is 2.26. The molecule has 0 radical (unpaired) electrons. The average molecular weight is 294 g/mol. The average Bonchev–Trinajstić information content (AvgIpc) is 2.75. The molecule has 0 spiro atoms. The van der Waals surface area contributed by atoms with Gasteiger partial charge < -0.3 is 9.26 Å². The van der Waals surface area contributed by atoms with Crippen LogP contribution in [0.1, 0.15) is 47.1 Å². The highest BCUT2D eigenvalue weighted by molar-refractivity contribution is 6.30. The minimum Gasteiger partial charge on any atom is -0.423 e. The standard InChI is InChI=1S/C15H16ClNO3/c1-8(2)14-13(10(4)17-20-14)15(18)19-12-6-5-11(16)7-9(12)3/h5-8H,1-4H3. The second-order valence-corrected chi connectivity index (χ2v) is 5.40. The van der Waals surface area contributed by atoms with E-state index >= 15 is 0 Å². The second kappa shape index (κ2) is 5.67. The van der Waals surface area contributed by atoms with Crippen molar-refractivity contribution in [2.24, 2.45) is 0 Å². The van der Waals surface area contributed by atoms with Crippen LogP contribution in [0.5, 0.6) is 5.75 Å². The lowest BCUT2D eigenvalue weighted by atomic mass is 10.1. The van der Waals surface area contributed by atoms with E-state index in [2.05, 4.69) is 5.16 Å². The molecule has 0 aliphatic heterocycles. The summed E-state index contributed by atoms with van der Waals surface area (Å²) in [6.45, 7) is 7.42. The zero-order valence-corrected chi connectivity index (χ0v) is 12.6. The third-order valence-corrected chi connectivity index (χ3v) is 3.19. The number of esters is 1. The Morgan fingerprint density at radius 3 is 2.65 bits per heavy atom. The fourth-order valence-electron chi connectivity index (χ4n) is 1.91. The molecule has 2 aromatic rings. The maximum absolute atomic E-state index is 12.3. The number of aryl methyl sites for hydroxylation is 2. The monoisotopic (exact) mass is 293 g/mol. The molecule has 0 saturated heterocycles. The van der Waals surface area contributed by atoms with E-state index in [1.807, 2.05) is 20.8 Å². The molecular weight excluding hydrogens is 278 g/mol. The normalized spacial score (nSPS) is 10.9. The second-order valence-electron chi connectivity index (χ2n) is 4.96. The van der Waals surface area contributed by atoms with Gasteiger partial charge in [-0.25, -0.2) is 4.79 Å². The van der Waals surface area contributed by atoms with Crippen molar-refractivity contribution in [2.75, 3.05) is 0 Å². The summed E-state index contributed by atoms with van der Waals surface area (Å²) in [5, 5.41) is 4.44. The van der Waals surface area contributed by atoms with Gasteiger partial charge in [-0.3, -0.25) is 0 Å². The fraction of sp³-hybridized carbons (Fsp3) is 0.333. The number of aromatic nitrogens is 1. The van der Waals surface area contributed by atoms with Crippen LogP contribution in [0, 0.1) is 13.8 Å². The molecular formula is C15H16ClNO3. The van der Waals surface area contributed by atoms with E-state index in [1.165, 1.54) is 0 Å². The van der Waals surface area contributed by atoms with E-state index in [9.17, 15) is 4.79 Å². The predicted molar refractivity (Wildman–Crippen MR) is 76.5 cm³/mol. The smallest absolute Gasteiger partial charge is 0.349 e. The molecule has 0 unspecified atom stereocenters. The van der Waals surface area contributed by atoms with Crippen molar-refractivity contribution in [1.29, 1.82) is 0 Å². The zero-order valence-electron chi connectivity index (χ0n) is 11.9. The van der Waals surface area contributed by atoms with Crippen molar-refractivity contribution in [1.82, 2.24) is 5.16 Å². The summed E-state index contributed by atoms with van der Waals surface area (Å²) in [5.41, 5.74) is 1.73. The number of carbonyl (C=O) groups excluding carboxylic acids is 1. The number of halogens is 1. The van der Waals surface area contributed by atoms with Crippen LogP contribution in [-0.4, -0.2) is 11.1 Å². The maximum Gasteiger partial charge on any atom is 0.349 e. The van der Waals surface area contributed by atoms with Gasteiger partial charge in [0.05, 0.1) is 5.69 Å². The maximum atomic E-state index is 12.3. The van der Waals surface area contributed by atoms with Gasteiger partial charge in [-0.05, 0) is 37.6 Å². The molecule has 1 heterocycles. The number of rotatable bonds is 3. The van der Waals surface area contributed by atoms with Crippen LogP contribution in [0.2, 0.25) is 5.02 Å². The van der Waals surface area contributed by atoms with Crippen LogP contribution in [0.4, 0.5) is 0 Å². The minimum absolute atomic E-state index is 0.0602. The summed E-state index contributed by atoms with van der Waals surface area (Å²) in [4.78, 5) is 12.3. The van der Waals surface area contributed by atoms with Crippen molar-refractivity contribution < 1.29 is 14.1 Å². The van der Waals surface area contributed by atoms with Gasteiger partial charge in [0, 0.05) is 10.9 Å². The van der Waals surface area contributed by atoms with E-state index < -0.39 is 5.97 Å². The van der Waals surface area contributed by atoms with Gasteiger partial charge in [-0.2, -0.15) is 0 Å². The number of carbonyl (C=O) groups is 1. The first-order chi connectivity index (χ1) is 9.40. The lowest BCUT2D eigenvalue weighted by molar-refractivity contribution is 0.0730. The largest absolute Gasteiger partial charge is 0.423 e. The first-order valence-corrected chi connectivity index (χ1v) is 6.72. The molecule has 0 aliphatic rings. The molecule has 5 heteroatoms. The molecule has 0 saturated carbocycles. The summed E-state index contributed by atoms with van der Waals surface area (Å²) < 4.78 is 10.6. The van der Waals surface area contributed by atoms with Crippen molar-refractivity contribution in [3.63, 3.8) is 0 Å². The van der Waals surface area contributed by atoms with E-state index in [-0.39, 0.29) is 5.92 Å². The third kappa shape index (κ3) is 2.85. The first-order valence-electron chi connectivity index (χ1n) is 6.34. The predicted octanol–water partition coefficient (Wildman–Crippen LogP) is 4.29. The summed E-state index contributed by atoms with van der Waals surface area (Å²) in [6, 6.07) is 5.10. The van der Waals surface area contributed by atoms with Gasteiger partial charge in [-0.15, -0.1) is 0 Å². The van der Waals surface area contributed by atoms with Gasteiger partial charge in [0.1, 0.15) is 11.3 Å². The molecule has 0 N–H and O–H groups in total. The lowest BCUT2D eigenvalue weighted by Gasteiger charge is -2.08. The summed E-state index contributed by atoms with van der Waals surface area (Å²) in [6.07, 6.45) is 0. The molecule has 1 aromatic heterocycles. The van der Waals surface area contributed by atoms with E-state index in [1.54, 1.807) is 25.1 Å². The Balaban J connectivity index is 2.31. The number of hydrogen-bond donors (Lipinski definition) is 0. The van der Waals surface area contributed by atoms with Crippen molar-refractivity contribution in [3.05, 3.63) is 45.8 Å². The molecule has 0 bridgehead atoms. The van der Waals surface area contributed by atoms with Gasteiger partial charge in [0.2, 0.25) is 0 Å². The molecule has 4 nitrogen and oxygen atoms in total. The molecule has 2 rings (SSSR count). The molecule has 1 aromatic carbocycles. The summed E-state index contributed by atoms with van der Waals surface area (Å²) in [5.74, 6) is 0.622. The van der Waals surface area contributed by atoms with Crippen LogP contribution in [0.25, 0.3) is 0 Å². The van der Waals surface area contributed by atoms with Gasteiger partial charge in [-0.1, -0.05) is 30.6 Å². The summed E-state index contributed by atoms with van der Waals surface area (Å²) >= 11 is 5.88. The van der Waals surface area contributed by atoms with Crippen molar-refractivity contribution in [2.45, 2.75) is 33.6 Å². The molecule has 0 fully saturated rings. The number of nitrogens with zero attached hydrogens (tertiary/aromatic N) is 1. The zero-order chi connectivity index (χ0) is 14.9. The third-order valence-electron chi connectivity index (χ3n) is 2.96. The number of ether oxygens (including phenoxy) is 1. The Labute approximate surface area is 122 Å². The number of benzene rings is 1. The molecule has 20 heavy (non-hydrogen) atoms. The Bertz CT molecular complexity index is 647. The molecule has 106 valence electrons. The van der Waals surface area contributed by atoms with E-state index in [0.29, 0.717) is 27.8 Å². The van der Waals surface area contributed by atoms with Crippen LogP contribution in [-0.2, 0) is 0 Å². The Morgan fingerprint density at radius 1 is 1.35 bits per heavy atom. The fourth-order valence-corrected chi connectivity index (χ4v) is 2.13. The lowest BCUT2D eigenvalue weighted by Crippen LogP contribution is -2.12. The molecule has 0 atom stereocenters. The highest BCUT2D eigenvalue weighted by Gasteiger charge is 2.24. The van der Waals surface area contributed by atoms with Gasteiger partial charge in [0.25, 0.3) is 0 Å². The Kier molecular flexibility index (Phi) is 4.14. The SMILES string of the molecule is Cc1cc(Cl)ccc1OC(=O)c1c(C)noc1C(C)C. The van der Waals surface area contributed by atoms with E-state index in [4.69, 9.17) is 20.9 Å². The van der Waals surface area contributed by atoms with Crippen molar-refractivity contribution in [3.8, 4) is 5.75 Å².